The van der Waals surface area contributed by atoms with E-state index in [4.69, 9.17) is 9.47 Å². The van der Waals surface area contributed by atoms with E-state index in [1.165, 1.54) is 30.5 Å². The molecule has 0 unspecified atom stereocenters. The van der Waals surface area contributed by atoms with Gasteiger partial charge in [0.05, 0.1) is 25.7 Å². The van der Waals surface area contributed by atoms with Gasteiger partial charge in [0.1, 0.15) is 11.6 Å². The van der Waals surface area contributed by atoms with Crippen LogP contribution < -0.4 is 4.74 Å². The lowest BCUT2D eigenvalue weighted by Crippen LogP contribution is -2.45. The molecule has 186 valence electrons. The summed E-state index contributed by atoms with van der Waals surface area (Å²) in [6, 6.07) is 14.9. The standard InChI is InChI=1S/C28H33FN2O3S/c1-33-22-10-11-26-23(18-22)20(12-14-30-26)6-5-7-21-13-15-31(19-24(21)28(32)34-2)16-17-35-27-9-4-3-8-25(27)29/h3-4,8-12,14,18,21,24H,5-7,13,15-17,19H2,1-2H3/t21-,24+/m1/s1. The first-order chi connectivity index (χ1) is 17.1. The Bertz CT molecular complexity index is 1140. The summed E-state index contributed by atoms with van der Waals surface area (Å²) in [6.45, 7) is 2.47. The molecule has 5 nitrogen and oxygen atoms in total. The Kier molecular flexibility index (Phi) is 8.99. The van der Waals surface area contributed by atoms with Crippen LogP contribution in [0.1, 0.15) is 24.8 Å². The third-order valence-electron chi connectivity index (χ3n) is 6.91. The fourth-order valence-electron chi connectivity index (χ4n) is 4.96. The largest absolute Gasteiger partial charge is 0.497 e. The second-order valence-electron chi connectivity index (χ2n) is 9.00. The van der Waals surface area contributed by atoms with E-state index in [1.54, 1.807) is 13.2 Å². The second kappa shape index (κ2) is 12.4. The monoisotopic (exact) mass is 496 g/mol. The lowest BCUT2D eigenvalue weighted by atomic mass is 9.81. The quantitative estimate of drug-likeness (QED) is 0.269. The number of piperidine rings is 1. The number of aryl methyl sites for hydroxylation is 1. The topological polar surface area (TPSA) is 51.7 Å². The Hall–Kier alpha value is -2.64. The minimum Gasteiger partial charge on any atom is -0.497 e. The molecule has 2 heterocycles. The van der Waals surface area contributed by atoms with Crippen molar-refractivity contribution < 1.29 is 18.7 Å². The number of halogens is 1. The van der Waals surface area contributed by atoms with Crippen molar-refractivity contribution >= 4 is 28.6 Å². The van der Waals surface area contributed by atoms with Crippen LogP contribution in [0.25, 0.3) is 10.9 Å². The number of aromatic nitrogens is 1. The zero-order chi connectivity index (χ0) is 24.6. The molecule has 1 aliphatic heterocycles. The Morgan fingerprint density at radius 3 is 2.86 bits per heavy atom. The number of thioether (sulfide) groups is 1. The minimum absolute atomic E-state index is 0.124. The number of benzene rings is 2. The zero-order valence-electron chi connectivity index (χ0n) is 20.4. The molecule has 0 radical (unpaired) electrons. The van der Waals surface area contributed by atoms with Gasteiger partial charge in [-0.3, -0.25) is 9.78 Å². The lowest BCUT2D eigenvalue weighted by Gasteiger charge is -2.37. The molecule has 1 saturated heterocycles. The van der Waals surface area contributed by atoms with Gasteiger partial charge in [-0.15, -0.1) is 11.8 Å². The van der Waals surface area contributed by atoms with Gasteiger partial charge in [-0.2, -0.15) is 0 Å². The van der Waals surface area contributed by atoms with E-state index < -0.39 is 0 Å². The highest BCUT2D eigenvalue weighted by Gasteiger charge is 2.34. The van der Waals surface area contributed by atoms with Crippen molar-refractivity contribution in [2.45, 2.75) is 30.6 Å². The van der Waals surface area contributed by atoms with E-state index in [1.807, 2.05) is 36.5 Å². The fourth-order valence-corrected chi connectivity index (χ4v) is 5.91. The summed E-state index contributed by atoms with van der Waals surface area (Å²) in [5.74, 6) is 1.50. The molecule has 1 fully saturated rings. The lowest BCUT2D eigenvalue weighted by molar-refractivity contribution is -0.149. The van der Waals surface area contributed by atoms with Crippen molar-refractivity contribution in [3.05, 3.63) is 66.1 Å². The van der Waals surface area contributed by atoms with E-state index in [-0.39, 0.29) is 17.7 Å². The highest BCUT2D eigenvalue weighted by molar-refractivity contribution is 7.99. The summed E-state index contributed by atoms with van der Waals surface area (Å²) in [4.78, 5) is 20.1. The molecule has 0 amide bonds. The molecule has 2 atom stereocenters. The molecule has 3 aromatic rings. The molecule has 4 rings (SSSR count). The Morgan fingerprint density at radius 2 is 2.06 bits per heavy atom. The maximum atomic E-state index is 13.9. The molecular weight excluding hydrogens is 463 g/mol. The molecule has 7 heteroatoms. The maximum Gasteiger partial charge on any atom is 0.310 e. The molecule has 0 aliphatic carbocycles. The van der Waals surface area contributed by atoms with Gasteiger partial charge in [0.25, 0.3) is 0 Å². The minimum atomic E-state index is -0.177. The number of fused-ring (bicyclic) bond motifs is 1. The number of ether oxygens (including phenoxy) is 2. The van der Waals surface area contributed by atoms with Crippen LogP contribution in [0.15, 0.2) is 59.6 Å². The van der Waals surface area contributed by atoms with Gasteiger partial charge in [-0.25, -0.2) is 4.39 Å². The van der Waals surface area contributed by atoms with Gasteiger partial charge in [0.15, 0.2) is 0 Å². The Labute approximate surface area is 211 Å². The van der Waals surface area contributed by atoms with Gasteiger partial charge in [-0.1, -0.05) is 12.1 Å². The first kappa shape index (κ1) is 25.5. The fraction of sp³-hybridized carbons (Fsp3) is 0.429. The third kappa shape index (κ3) is 6.53. The number of nitrogens with zero attached hydrogens (tertiary/aromatic N) is 2. The van der Waals surface area contributed by atoms with Crippen LogP contribution in [0.5, 0.6) is 5.75 Å². The molecule has 2 aromatic carbocycles. The molecule has 0 spiro atoms. The van der Waals surface area contributed by atoms with Crippen molar-refractivity contribution in [2.24, 2.45) is 11.8 Å². The van der Waals surface area contributed by atoms with E-state index in [2.05, 4.69) is 16.0 Å². The summed E-state index contributed by atoms with van der Waals surface area (Å²) >= 11 is 1.52. The Balaban J connectivity index is 1.32. The molecule has 1 aliphatic rings. The smallest absolute Gasteiger partial charge is 0.310 e. The zero-order valence-corrected chi connectivity index (χ0v) is 21.2. The predicted octanol–water partition coefficient (Wildman–Crippen LogP) is 5.61. The molecule has 1 aromatic heterocycles. The van der Waals surface area contributed by atoms with Gasteiger partial charge in [-0.05, 0) is 80.1 Å². The van der Waals surface area contributed by atoms with Crippen LogP contribution in [0.4, 0.5) is 4.39 Å². The van der Waals surface area contributed by atoms with Crippen molar-refractivity contribution in [3.63, 3.8) is 0 Å². The highest BCUT2D eigenvalue weighted by atomic mass is 32.2. The van der Waals surface area contributed by atoms with Gasteiger partial charge < -0.3 is 14.4 Å². The third-order valence-corrected chi connectivity index (χ3v) is 7.93. The SMILES string of the molecule is COC(=O)[C@H]1CN(CCSc2ccccc2F)CC[C@H]1CCCc1ccnc2ccc(OC)cc12. The number of carbonyl (C=O) groups is 1. The van der Waals surface area contributed by atoms with E-state index in [9.17, 15) is 9.18 Å². The number of carbonyl (C=O) groups excluding carboxylic acids is 1. The summed E-state index contributed by atoms with van der Waals surface area (Å²) in [7, 11) is 3.15. The average Bonchev–Trinajstić information content (AvgIpc) is 2.89. The van der Waals surface area contributed by atoms with Gasteiger partial charge in [0, 0.05) is 35.3 Å². The molecule has 0 bridgehead atoms. The number of esters is 1. The molecule has 0 saturated carbocycles. The van der Waals surface area contributed by atoms with E-state index >= 15 is 0 Å². The maximum absolute atomic E-state index is 13.9. The summed E-state index contributed by atoms with van der Waals surface area (Å²) in [6.07, 6.45) is 5.73. The van der Waals surface area contributed by atoms with Crippen molar-refractivity contribution in [3.8, 4) is 5.75 Å². The summed E-state index contributed by atoms with van der Waals surface area (Å²) in [5.41, 5.74) is 2.23. The first-order valence-electron chi connectivity index (χ1n) is 12.2. The second-order valence-corrected chi connectivity index (χ2v) is 10.1. The number of hydrogen-bond donors (Lipinski definition) is 0. The van der Waals surface area contributed by atoms with Crippen LogP contribution in [0.2, 0.25) is 0 Å². The van der Waals surface area contributed by atoms with Crippen LogP contribution in [0.3, 0.4) is 0 Å². The number of methoxy groups -OCH3 is 2. The Morgan fingerprint density at radius 1 is 1.20 bits per heavy atom. The molecule has 0 N–H and O–H groups in total. The van der Waals surface area contributed by atoms with Gasteiger partial charge >= 0.3 is 5.97 Å². The van der Waals surface area contributed by atoms with Crippen molar-refractivity contribution in [2.75, 3.05) is 39.6 Å². The van der Waals surface area contributed by atoms with Crippen molar-refractivity contribution in [1.82, 2.24) is 9.88 Å². The molecule has 35 heavy (non-hydrogen) atoms. The number of likely N-dealkylation sites (tertiary alicyclic amines) is 1. The normalized spacial score (nSPS) is 18.5. The van der Waals surface area contributed by atoms with Crippen LogP contribution in [-0.2, 0) is 16.0 Å². The first-order valence-corrected chi connectivity index (χ1v) is 13.2. The summed E-state index contributed by atoms with van der Waals surface area (Å²) in [5, 5.41) is 1.12. The van der Waals surface area contributed by atoms with E-state index in [0.29, 0.717) is 17.4 Å². The summed E-state index contributed by atoms with van der Waals surface area (Å²) < 4.78 is 24.4. The predicted molar refractivity (Wildman–Crippen MR) is 138 cm³/mol. The number of rotatable bonds is 10. The highest BCUT2D eigenvalue weighted by Crippen LogP contribution is 2.31. The van der Waals surface area contributed by atoms with Crippen LogP contribution >= 0.6 is 11.8 Å². The van der Waals surface area contributed by atoms with Gasteiger partial charge in [0.2, 0.25) is 0 Å². The number of hydrogen-bond acceptors (Lipinski definition) is 6. The van der Waals surface area contributed by atoms with Crippen molar-refractivity contribution in [1.29, 1.82) is 0 Å². The average molecular weight is 497 g/mol. The van der Waals surface area contributed by atoms with Crippen LogP contribution in [-0.4, -0.2) is 55.5 Å². The number of pyridine rings is 1. The molecular formula is C28H33FN2O3S. The van der Waals surface area contributed by atoms with E-state index in [0.717, 1.165) is 61.2 Å². The van der Waals surface area contributed by atoms with Crippen LogP contribution in [0, 0.1) is 17.7 Å².